The Balaban J connectivity index is 2.43. The summed E-state index contributed by atoms with van der Waals surface area (Å²) in [6, 6.07) is 0. The van der Waals surface area contributed by atoms with E-state index < -0.39 is 0 Å². The van der Waals surface area contributed by atoms with Crippen LogP contribution in [0, 0.1) is 0 Å². The van der Waals surface area contributed by atoms with Crippen LogP contribution in [0.3, 0.4) is 0 Å². The summed E-state index contributed by atoms with van der Waals surface area (Å²) >= 11 is 0. The van der Waals surface area contributed by atoms with Crippen LogP contribution in [-0.4, -0.2) is 23.2 Å². The highest BCUT2D eigenvalue weighted by Crippen LogP contribution is 2.14. The third-order valence-electron chi connectivity index (χ3n) is 1.77. The summed E-state index contributed by atoms with van der Waals surface area (Å²) in [5.74, 6) is 0.747. The van der Waals surface area contributed by atoms with E-state index in [0.717, 1.165) is 11.4 Å². The average molecular weight is 148 g/mol. The number of fused-ring (bicyclic) bond motifs is 1. The molecule has 0 aliphatic carbocycles. The number of carbonyl (C=O) groups excluding carboxylic acids is 1. The molecule has 3 nitrogen and oxygen atoms in total. The van der Waals surface area contributed by atoms with E-state index in [1.807, 2.05) is 30.2 Å². The van der Waals surface area contributed by atoms with Crippen molar-refractivity contribution < 1.29 is 4.79 Å². The average Bonchev–Trinajstić information content (AvgIpc) is 2.31. The van der Waals surface area contributed by atoms with Gasteiger partial charge in [0.1, 0.15) is 12.4 Å². The molecule has 0 bridgehead atoms. The van der Waals surface area contributed by atoms with Crippen LogP contribution in [0.25, 0.3) is 0 Å². The van der Waals surface area contributed by atoms with Gasteiger partial charge in [0, 0.05) is 6.20 Å². The van der Waals surface area contributed by atoms with Crippen molar-refractivity contribution in [1.82, 2.24) is 4.90 Å². The lowest BCUT2D eigenvalue weighted by atomic mass is 10.2. The summed E-state index contributed by atoms with van der Waals surface area (Å²) in [5, 5.41) is 0. The van der Waals surface area contributed by atoms with Crippen LogP contribution in [0.4, 0.5) is 0 Å². The van der Waals surface area contributed by atoms with Gasteiger partial charge < -0.3 is 4.90 Å². The van der Waals surface area contributed by atoms with E-state index in [4.69, 9.17) is 0 Å². The van der Waals surface area contributed by atoms with E-state index in [-0.39, 0.29) is 5.91 Å². The number of rotatable bonds is 0. The zero-order valence-corrected chi connectivity index (χ0v) is 6.24. The quantitative estimate of drug-likeness (QED) is 0.506. The number of amidine groups is 1. The fourth-order valence-corrected chi connectivity index (χ4v) is 1.24. The largest absolute Gasteiger partial charge is 0.323 e. The Kier molecular flexibility index (Phi) is 1.18. The Morgan fingerprint density at radius 1 is 1.64 bits per heavy atom. The monoisotopic (exact) mass is 148 g/mol. The molecule has 0 saturated heterocycles. The van der Waals surface area contributed by atoms with Crippen LogP contribution < -0.4 is 0 Å². The molecule has 0 N–H and O–H groups in total. The van der Waals surface area contributed by atoms with Gasteiger partial charge in [-0.3, -0.25) is 4.79 Å². The Labute approximate surface area is 64.7 Å². The van der Waals surface area contributed by atoms with Crippen molar-refractivity contribution in [3.05, 3.63) is 23.9 Å². The minimum absolute atomic E-state index is 0.0562. The van der Waals surface area contributed by atoms with Crippen LogP contribution in [-0.2, 0) is 4.79 Å². The first-order chi connectivity index (χ1) is 5.27. The number of hydrogen-bond donors (Lipinski definition) is 0. The molecule has 3 heteroatoms. The van der Waals surface area contributed by atoms with E-state index in [9.17, 15) is 4.79 Å². The van der Waals surface area contributed by atoms with Gasteiger partial charge in [0.25, 0.3) is 5.91 Å². The number of carbonyl (C=O) groups is 1. The van der Waals surface area contributed by atoms with E-state index >= 15 is 0 Å². The summed E-state index contributed by atoms with van der Waals surface area (Å²) in [7, 11) is 0. The van der Waals surface area contributed by atoms with E-state index in [0.29, 0.717) is 6.54 Å². The number of aliphatic imine (C=N–C) groups is 1. The van der Waals surface area contributed by atoms with Gasteiger partial charge in [0.2, 0.25) is 0 Å². The van der Waals surface area contributed by atoms with Crippen molar-refractivity contribution in [2.24, 2.45) is 4.99 Å². The van der Waals surface area contributed by atoms with Gasteiger partial charge in [-0.25, -0.2) is 0 Å². The normalized spacial score (nSPS) is 21.5. The Hall–Kier alpha value is -1.38. The fraction of sp³-hybridized carbons (Fsp3) is 0.250. The lowest BCUT2D eigenvalue weighted by molar-refractivity contribution is -0.116. The summed E-state index contributed by atoms with van der Waals surface area (Å²) in [4.78, 5) is 16.6. The molecule has 1 amide bonds. The van der Waals surface area contributed by atoms with Crippen molar-refractivity contribution in [1.29, 1.82) is 0 Å². The molecule has 0 unspecified atom stereocenters. The Bertz CT molecular complexity index is 299. The molecule has 2 aliphatic rings. The molecule has 0 saturated carbocycles. The van der Waals surface area contributed by atoms with Crippen LogP contribution in [0.1, 0.15) is 6.92 Å². The molecule has 2 aliphatic heterocycles. The molecular weight excluding hydrogens is 140 g/mol. The lowest BCUT2D eigenvalue weighted by Crippen LogP contribution is -2.24. The molecular formula is C8H8N2O. The third-order valence-corrected chi connectivity index (χ3v) is 1.77. The van der Waals surface area contributed by atoms with Crippen molar-refractivity contribution in [2.45, 2.75) is 6.92 Å². The first-order valence-corrected chi connectivity index (χ1v) is 3.51. The van der Waals surface area contributed by atoms with Gasteiger partial charge in [-0.1, -0.05) is 6.08 Å². The Morgan fingerprint density at radius 3 is 3.18 bits per heavy atom. The van der Waals surface area contributed by atoms with Crippen LogP contribution >= 0.6 is 0 Å². The predicted molar refractivity (Wildman–Crippen MR) is 42.0 cm³/mol. The van der Waals surface area contributed by atoms with Crippen LogP contribution in [0.15, 0.2) is 28.9 Å². The number of hydrogen-bond acceptors (Lipinski definition) is 2. The number of allylic oxidation sites excluding steroid dienone is 2. The molecule has 0 atom stereocenters. The standard InChI is InChI=1S/C8H8N2O/c1-6-3-2-4-10-5-7(11)9-8(6)10/h2-4H,5H2,1H3. The molecule has 0 aromatic carbocycles. The molecule has 0 aromatic rings. The maximum Gasteiger partial charge on any atom is 0.267 e. The highest BCUT2D eigenvalue weighted by Gasteiger charge is 2.23. The molecule has 56 valence electrons. The van der Waals surface area contributed by atoms with Crippen molar-refractivity contribution in [2.75, 3.05) is 6.54 Å². The molecule has 11 heavy (non-hydrogen) atoms. The zero-order chi connectivity index (χ0) is 7.84. The summed E-state index contributed by atoms with van der Waals surface area (Å²) in [6.45, 7) is 2.35. The van der Waals surface area contributed by atoms with Gasteiger partial charge in [0.15, 0.2) is 0 Å². The predicted octanol–water partition coefficient (Wildman–Crippen LogP) is 0.701. The van der Waals surface area contributed by atoms with Crippen LogP contribution in [0.5, 0.6) is 0 Å². The van der Waals surface area contributed by atoms with Gasteiger partial charge >= 0.3 is 0 Å². The molecule has 2 rings (SSSR count). The van der Waals surface area contributed by atoms with Gasteiger partial charge in [-0.05, 0) is 18.6 Å². The topological polar surface area (TPSA) is 32.7 Å². The van der Waals surface area contributed by atoms with Gasteiger partial charge in [0.05, 0.1) is 0 Å². The lowest BCUT2D eigenvalue weighted by Gasteiger charge is -2.17. The maximum absolute atomic E-state index is 10.9. The summed E-state index contributed by atoms with van der Waals surface area (Å²) in [6.07, 6.45) is 5.75. The first-order valence-electron chi connectivity index (χ1n) is 3.51. The van der Waals surface area contributed by atoms with Gasteiger partial charge in [-0.2, -0.15) is 4.99 Å². The molecule has 0 spiro atoms. The molecule has 0 aromatic heterocycles. The minimum atomic E-state index is -0.0562. The third kappa shape index (κ3) is 0.888. The SMILES string of the molecule is CC1=CC=CN2CC(=O)N=C12. The first kappa shape index (κ1) is 6.34. The van der Waals surface area contributed by atoms with E-state index in [2.05, 4.69) is 4.99 Å². The van der Waals surface area contributed by atoms with Crippen molar-refractivity contribution >= 4 is 11.7 Å². The van der Waals surface area contributed by atoms with E-state index in [1.54, 1.807) is 0 Å². The second-order valence-corrected chi connectivity index (χ2v) is 2.65. The highest BCUT2D eigenvalue weighted by molar-refractivity contribution is 6.11. The second kappa shape index (κ2) is 2.05. The van der Waals surface area contributed by atoms with Gasteiger partial charge in [-0.15, -0.1) is 0 Å². The molecule has 2 heterocycles. The second-order valence-electron chi connectivity index (χ2n) is 2.65. The smallest absolute Gasteiger partial charge is 0.267 e. The Morgan fingerprint density at radius 2 is 2.45 bits per heavy atom. The minimum Gasteiger partial charge on any atom is -0.323 e. The summed E-state index contributed by atoms with van der Waals surface area (Å²) in [5.41, 5.74) is 1.05. The molecule has 0 fully saturated rings. The maximum atomic E-state index is 10.9. The van der Waals surface area contributed by atoms with E-state index in [1.165, 1.54) is 0 Å². The zero-order valence-electron chi connectivity index (χ0n) is 6.24. The summed E-state index contributed by atoms with van der Waals surface area (Å²) < 4.78 is 0. The molecule has 0 radical (unpaired) electrons. The number of amides is 1. The van der Waals surface area contributed by atoms with Crippen LogP contribution in [0.2, 0.25) is 0 Å². The van der Waals surface area contributed by atoms with Crippen molar-refractivity contribution in [3.8, 4) is 0 Å². The number of nitrogens with zero attached hydrogens (tertiary/aromatic N) is 2. The highest BCUT2D eigenvalue weighted by atomic mass is 16.2. The fourth-order valence-electron chi connectivity index (χ4n) is 1.24. The van der Waals surface area contributed by atoms with Crippen molar-refractivity contribution in [3.63, 3.8) is 0 Å².